The highest BCUT2D eigenvalue weighted by Crippen LogP contribution is 2.19. The van der Waals surface area contributed by atoms with Gasteiger partial charge in [-0.15, -0.1) is 0 Å². The van der Waals surface area contributed by atoms with Crippen molar-refractivity contribution in [2.75, 3.05) is 0 Å². The predicted molar refractivity (Wildman–Crippen MR) is 54.5 cm³/mol. The number of rotatable bonds is 5. The molecule has 0 aromatic carbocycles. The van der Waals surface area contributed by atoms with Crippen LogP contribution in [0.2, 0.25) is 0 Å². The molecule has 2 rings (SSSR count). The van der Waals surface area contributed by atoms with Gasteiger partial charge < -0.3 is 10.4 Å². The Morgan fingerprint density at radius 2 is 2.53 bits per heavy atom. The molecule has 15 heavy (non-hydrogen) atoms. The molecular formula is C10H15N3O2. The van der Waals surface area contributed by atoms with Gasteiger partial charge in [-0.25, -0.2) is 0 Å². The molecule has 0 radical (unpaired) electrons. The van der Waals surface area contributed by atoms with Gasteiger partial charge in [0.15, 0.2) is 0 Å². The molecule has 1 aromatic rings. The van der Waals surface area contributed by atoms with Crippen molar-refractivity contribution in [3.63, 3.8) is 0 Å². The quantitative estimate of drug-likeness (QED) is 0.736. The third-order valence-electron chi connectivity index (χ3n) is 2.60. The first kappa shape index (κ1) is 10.2. The van der Waals surface area contributed by atoms with Crippen LogP contribution in [0.15, 0.2) is 12.3 Å². The van der Waals surface area contributed by atoms with Crippen LogP contribution in [0.25, 0.3) is 0 Å². The van der Waals surface area contributed by atoms with Gasteiger partial charge in [0, 0.05) is 17.9 Å². The summed E-state index contributed by atoms with van der Waals surface area (Å²) >= 11 is 0. The molecule has 0 spiro atoms. The average molecular weight is 209 g/mol. The molecular weight excluding hydrogens is 194 g/mol. The predicted octanol–water partition coefficient (Wildman–Crippen LogP) is 0.397. The second kappa shape index (κ2) is 4.02. The zero-order valence-corrected chi connectivity index (χ0v) is 8.68. The van der Waals surface area contributed by atoms with Crippen molar-refractivity contribution in [3.05, 3.63) is 18.0 Å². The monoisotopic (exact) mass is 209 g/mol. The number of hydrogen-bond acceptors (Lipinski definition) is 3. The summed E-state index contributed by atoms with van der Waals surface area (Å²) in [6.45, 7) is 2.31. The van der Waals surface area contributed by atoms with Crippen molar-refractivity contribution in [1.29, 1.82) is 0 Å². The molecule has 1 saturated carbocycles. The molecule has 0 amide bonds. The maximum atomic E-state index is 11.0. The van der Waals surface area contributed by atoms with E-state index in [2.05, 4.69) is 10.4 Å². The number of nitrogens with zero attached hydrogens (tertiary/aromatic N) is 2. The lowest BCUT2D eigenvalue weighted by Gasteiger charge is -2.14. The second-order valence-electron chi connectivity index (χ2n) is 3.99. The summed E-state index contributed by atoms with van der Waals surface area (Å²) in [5.74, 6) is -0.809. The Morgan fingerprint density at radius 1 is 1.80 bits per heavy atom. The Balaban J connectivity index is 1.99. The Morgan fingerprint density at radius 3 is 3.00 bits per heavy atom. The normalized spacial score (nSPS) is 17.7. The van der Waals surface area contributed by atoms with Gasteiger partial charge in [-0.2, -0.15) is 5.10 Å². The fourth-order valence-corrected chi connectivity index (χ4v) is 1.50. The molecule has 5 heteroatoms. The molecule has 1 aliphatic rings. The van der Waals surface area contributed by atoms with Gasteiger partial charge in [0.2, 0.25) is 0 Å². The Hall–Kier alpha value is -1.36. The van der Waals surface area contributed by atoms with Gasteiger partial charge >= 0.3 is 5.97 Å². The molecule has 2 N–H and O–H groups in total. The number of nitrogens with one attached hydrogen (secondary N) is 1. The van der Waals surface area contributed by atoms with Gasteiger partial charge in [-0.05, 0) is 25.8 Å². The summed E-state index contributed by atoms with van der Waals surface area (Å²) in [4.78, 5) is 11.0. The van der Waals surface area contributed by atoms with Crippen molar-refractivity contribution in [3.8, 4) is 0 Å². The first-order valence-electron chi connectivity index (χ1n) is 5.14. The maximum absolute atomic E-state index is 11.0. The van der Waals surface area contributed by atoms with E-state index in [1.165, 1.54) is 0 Å². The molecule has 1 aromatic heterocycles. The number of aromatic nitrogens is 2. The van der Waals surface area contributed by atoms with E-state index in [9.17, 15) is 4.79 Å². The van der Waals surface area contributed by atoms with Crippen LogP contribution in [0.5, 0.6) is 0 Å². The number of carbonyl (C=O) groups is 1. The minimum Gasteiger partial charge on any atom is -0.480 e. The molecule has 82 valence electrons. The first-order chi connectivity index (χ1) is 7.16. The van der Waals surface area contributed by atoms with E-state index in [1.54, 1.807) is 10.9 Å². The lowest BCUT2D eigenvalue weighted by Crippen LogP contribution is -2.41. The molecule has 1 aliphatic carbocycles. The third kappa shape index (κ3) is 2.56. The highest BCUT2D eigenvalue weighted by atomic mass is 16.4. The third-order valence-corrected chi connectivity index (χ3v) is 2.60. The van der Waals surface area contributed by atoms with Crippen LogP contribution in [-0.2, 0) is 11.3 Å². The van der Waals surface area contributed by atoms with E-state index in [0.717, 1.165) is 18.5 Å². The lowest BCUT2D eigenvalue weighted by atomic mass is 10.3. The van der Waals surface area contributed by atoms with Crippen LogP contribution < -0.4 is 5.32 Å². The fourth-order valence-electron chi connectivity index (χ4n) is 1.50. The number of carboxylic acids is 1. The average Bonchev–Trinajstić information content (AvgIpc) is 2.90. The van der Waals surface area contributed by atoms with Crippen molar-refractivity contribution < 1.29 is 9.90 Å². The van der Waals surface area contributed by atoms with Crippen molar-refractivity contribution in [2.45, 2.75) is 38.4 Å². The number of hydrogen-bond donors (Lipinski definition) is 2. The largest absolute Gasteiger partial charge is 0.480 e. The van der Waals surface area contributed by atoms with Gasteiger partial charge in [0.25, 0.3) is 0 Å². The van der Waals surface area contributed by atoms with Crippen LogP contribution in [0.1, 0.15) is 18.5 Å². The zero-order valence-electron chi connectivity index (χ0n) is 8.68. The summed E-state index contributed by atoms with van der Waals surface area (Å²) in [6, 6.07) is 1.73. The molecule has 0 aliphatic heterocycles. The van der Waals surface area contributed by atoms with Gasteiger partial charge in [0.05, 0.1) is 6.54 Å². The van der Waals surface area contributed by atoms with E-state index >= 15 is 0 Å². The highest BCUT2D eigenvalue weighted by Gasteiger charge is 2.28. The summed E-state index contributed by atoms with van der Waals surface area (Å²) < 4.78 is 1.72. The Bertz CT molecular complexity index is 357. The highest BCUT2D eigenvalue weighted by molar-refractivity contribution is 5.73. The number of aliphatic carboxylic acids is 1. The van der Waals surface area contributed by atoms with Crippen LogP contribution in [0.3, 0.4) is 0 Å². The molecule has 1 fully saturated rings. The lowest BCUT2D eigenvalue weighted by molar-refractivity contribution is -0.140. The van der Waals surface area contributed by atoms with Crippen molar-refractivity contribution in [1.82, 2.24) is 15.1 Å². The van der Waals surface area contributed by atoms with Crippen LogP contribution >= 0.6 is 0 Å². The van der Waals surface area contributed by atoms with Crippen LogP contribution in [0.4, 0.5) is 0 Å². The van der Waals surface area contributed by atoms with Gasteiger partial charge in [-0.1, -0.05) is 0 Å². The standard InChI is InChI=1S/C10H15N3O2/c1-7-4-5-11-13(7)6-9(10(14)15)12-8-2-3-8/h4-5,8-9,12H,2-3,6H2,1H3,(H,14,15). The minimum atomic E-state index is -0.809. The smallest absolute Gasteiger partial charge is 0.322 e. The molecule has 5 nitrogen and oxygen atoms in total. The van der Waals surface area contributed by atoms with E-state index in [0.29, 0.717) is 12.6 Å². The van der Waals surface area contributed by atoms with Gasteiger partial charge in [-0.3, -0.25) is 9.48 Å². The number of carboxylic acid groups (broad SMARTS) is 1. The van der Waals surface area contributed by atoms with E-state index in [1.807, 2.05) is 13.0 Å². The fraction of sp³-hybridized carbons (Fsp3) is 0.600. The number of aryl methyl sites for hydroxylation is 1. The zero-order chi connectivity index (χ0) is 10.8. The van der Waals surface area contributed by atoms with Crippen LogP contribution in [0, 0.1) is 6.92 Å². The topological polar surface area (TPSA) is 67.2 Å². The van der Waals surface area contributed by atoms with Crippen LogP contribution in [-0.4, -0.2) is 32.9 Å². The van der Waals surface area contributed by atoms with Gasteiger partial charge in [0.1, 0.15) is 6.04 Å². The Kier molecular flexibility index (Phi) is 2.73. The second-order valence-corrected chi connectivity index (χ2v) is 3.99. The van der Waals surface area contributed by atoms with E-state index in [4.69, 9.17) is 5.11 Å². The summed E-state index contributed by atoms with van der Waals surface area (Å²) in [7, 11) is 0. The minimum absolute atomic E-state index is 0.391. The molecule has 1 heterocycles. The van der Waals surface area contributed by atoms with E-state index < -0.39 is 12.0 Å². The summed E-state index contributed by atoms with van der Waals surface area (Å²) in [5.41, 5.74) is 0.985. The maximum Gasteiger partial charge on any atom is 0.322 e. The Labute approximate surface area is 88.1 Å². The van der Waals surface area contributed by atoms with Crippen molar-refractivity contribution in [2.24, 2.45) is 0 Å². The SMILES string of the molecule is Cc1ccnn1CC(NC1CC1)C(=O)O. The summed E-state index contributed by atoms with van der Waals surface area (Å²) in [6.07, 6.45) is 3.86. The summed E-state index contributed by atoms with van der Waals surface area (Å²) in [5, 5.41) is 16.2. The first-order valence-corrected chi connectivity index (χ1v) is 5.14. The molecule has 1 unspecified atom stereocenters. The molecule has 0 bridgehead atoms. The molecule has 1 atom stereocenters. The van der Waals surface area contributed by atoms with E-state index in [-0.39, 0.29) is 0 Å². The van der Waals surface area contributed by atoms with Crippen molar-refractivity contribution >= 4 is 5.97 Å². The molecule has 0 saturated heterocycles.